The number of hydrogen-bond acceptors (Lipinski definition) is 6. The second kappa shape index (κ2) is 6.48. The average Bonchev–Trinajstić information content (AvgIpc) is 3.00. The van der Waals surface area contributed by atoms with E-state index in [9.17, 15) is 9.18 Å². The Morgan fingerprint density at radius 1 is 1.45 bits per heavy atom. The van der Waals surface area contributed by atoms with E-state index in [2.05, 4.69) is 20.8 Å². The predicted molar refractivity (Wildman–Crippen MR) is 71.2 cm³/mol. The van der Waals surface area contributed by atoms with E-state index in [1.54, 1.807) is 0 Å². The topological polar surface area (TPSA) is 91.2 Å². The van der Waals surface area contributed by atoms with E-state index < -0.39 is 0 Å². The van der Waals surface area contributed by atoms with Gasteiger partial charge in [-0.05, 0) is 34.5 Å². The first-order chi connectivity index (χ1) is 10.7. The summed E-state index contributed by atoms with van der Waals surface area (Å²) < 4.78 is 25.4. The van der Waals surface area contributed by atoms with Crippen LogP contribution >= 0.6 is 0 Å². The molecule has 1 N–H and O–H groups in total. The van der Waals surface area contributed by atoms with Crippen molar-refractivity contribution in [3.63, 3.8) is 0 Å². The lowest BCUT2D eigenvalue weighted by atomic mass is 10.1. The number of carbonyl (C=O) groups excluding carboxylic acids is 1. The molecule has 3 rings (SSSR count). The Kier molecular flexibility index (Phi) is 4.24. The van der Waals surface area contributed by atoms with Crippen LogP contribution in [0.4, 0.5) is 4.39 Å². The van der Waals surface area contributed by atoms with Gasteiger partial charge >= 0.3 is 0 Å². The van der Waals surface area contributed by atoms with E-state index in [0.29, 0.717) is 36.4 Å². The maximum absolute atomic E-state index is 13.6. The third-order valence-electron chi connectivity index (χ3n) is 3.17. The lowest BCUT2D eigenvalue weighted by Crippen LogP contribution is -2.29. The number of halogens is 1. The molecule has 116 valence electrons. The number of aromatic nitrogens is 4. The Morgan fingerprint density at radius 2 is 2.36 bits per heavy atom. The van der Waals surface area contributed by atoms with Crippen molar-refractivity contribution in [1.82, 2.24) is 25.5 Å². The number of fused-ring (bicyclic) bond motifs is 1. The van der Waals surface area contributed by atoms with E-state index in [-0.39, 0.29) is 25.1 Å². The molecule has 0 unspecified atom stereocenters. The summed E-state index contributed by atoms with van der Waals surface area (Å²) in [6.07, 6.45) is 1.82. The molecule has 0 saturated heterocycles. The largest absolute Gasteiger partial charge is 0.467 e. The van der Waals surface area contributed by atoms with Crippen molar-refractivity contribution in [1.29, 1.82) is 0 Å². The Labute approximate surface area is 125 Å². The molecular formula is C13H14FN5O3. The fourth-order valence-electron chi connectivity index (χ4n) is 2.23. The van der Waals surface area contributed by atoms with Crippen molar-refractivity contribution in [3.8, 4) is 5.75 Å². The predicted octanol–water partition coefficient (Wildman–Crippen LogP) is 0.0376. The van der Waals surface area contributed by atoms with Crippen LogP contribution in [0.5, 0.6) is 5.75 Å². The summed E-state index contributed by atoms with van der Waals surface area (Å²) in [5.41, 5.74) is 1.39. The van der Waals surface area contributed by atoms with Crippen molar-refractivity contribution in [3.05, 3.63) is 35.4 Å². The van der Waals surface area contributed by atoms with Crippen LogP contribution in [0.3, 0.4) is 0 Å². The highest BCUT2D eigenvalue weighted by Crippen LogP contribution is 2.29. The highest BCUT2D eigenvalue weighted by atomic mass is 19.1. The average molecular weight is 307 g/mol. The fourth-order valence-corrected chi connectivity index (χ4v) is 2.23. The van der Waals surface area contributed by atoms with Crippen LogP contribution in [-0.4, -0.2) is 39.5 Å². The molecule has 0 fully saturated rings. The van der Waals surface area contributed by atoms with Crippen molar-refractivity contribution >= 4 is 5.91 Å². The SMILES string of the molecule is O=C(Cn1cnnn1)NCCc1cc(F)cc2c1OCOC2. The Bertz CT molecular complexity index is 662. The maximum atomic E-state index is 13.6. The van der Waals surface area contributed by atoms with Crippen LogP contribution in [0.1, 0.15) is 11.1 Å². The molecule has 0 aliphatic carbocycles. The summed E-state index contributed by atoms with van der Waals surface area (Å²) in [6.45, 7) is 0.878. The summed E-state index contributed by atoms with van der Waals surface area (Å²) in [5.74, 6) is 0.0760. The van der Waals surface area contributed by atoms with Crippen LogP contribution < -0.4 is 10.1 Å². The third kappa shape index (κ3) is 3.37. The molecule has 1 aliphatic heterocycles. The maximum Gasteiger partial charge on any atom is 0.241 e. The molecule has 0 spiro atoms. The van der Waals surface area contributed by atoms with Gasteiger partial charge in [0.1, 0.15) is 24.4 Å². The van der Waals surface area contributed by atoms with E-state index in [0.717, 1.165) is 0 Å². The molecule has 0 atom stereocenters. The van der Waals surface area contributed by atoms with Gasteiger partial charge in [0.05, 0.1) is 6.61 Å². The minimum Gasteiger partial charge on any atom is -0.467 e. The summed E-state index contributed by atoms with van der Waals surface area (Å²) in [5, 5.41) is 13.2. The van der Waals surface area contributed by atoms with Crippen LogP contribution in [0.2, 0.25) is 0 Å². The van der Waals surface area contributed by atoms with Crippen molar-refractivity contribution in [2.45, 2.75) is 19.6 Å². The lowest BCUT2D eigenvalue weighted by Gasteiger charge is -2.20. The number of hydrogen-bond donors (Lipinski definition) is 1. The standard InChI is InChI=1S/C13H14FN5O3/c14-11-3-9(13-10(4-11)6-21-8-22-13)1-2-15-12(20)5-19-7-16-17-18-19/h3-4,7H,1-2,5-6,8H2,(H,15,20). The van der Waals surface area contributed by atoms with E-state index in [4.69, 9.17) is 9.47 Å². The number of amides is 1. The molecule has 1 aliphatic rings. The molecule has 0 bridgehead atoms. The minimum atomic E-state index is -0.345. The monoisotopic (exact) mass is 307 g/mol. The molecule has 9 heteroatoms. The normalized spacial score (nSPS) is 13.3. The van der Waals surface area contributed by atoms with Gasteiger partial charge in [-0.25, -0.2) is 9.07 Å². The van der Waals surface area contributed by atoms with E-state index in [1.807, 2.05) is 0 Å². The van der Waals surface area contributed by atoms with Crippen LogP contribution in [0.15, 0.2) is 18.5 Å². The number of tetrazole rings is 1. The van der Waals surface area contributed by atoms with Gasteiger partial charge in [-0.2, -0.15) is 0 Å². The molecule has 22 heavy (non-hydrogen) atoms. The van der Waals surface area contributed by atoms with Gasteiger partial charge in [-0.15, -0.1) is 5.10 Å². The quantitative estimate of drug-likeness (QED) is 0.838. The molecule has 2 heterocycles. The van der Waals surface area contributed by atoms with Gasteiger partial charge in [0, 0.05) is 12.1 Å². The number of benzene rings is 1. The van der Waals surface area contributed by atoms with Gasteiger partial charge in [0.15, 0.2) is 6.79 Å². The van der Waals surface area contributed by atoms with Crippen molar-refractivity contribution in [2.24, 2.45) is 0 Å². The molecule has 1 aromatic carbocycles. The molecule has 1 aromatic heterocycles. The number of ether oxygens (including phenoxy) is 2. The zero-order chi connectivity index (χ0) is 15.4. The zero-order valence-corrected chi connectivity index (χ0v) is 11.7. The molecular weight excluding hydrogens is 293 g/mol. The Hall–Kier alpha value is -2.55. The Morgan fingerprint density at radius 3 is 3.18 bits per heavy atom. The number of nitrogens with zero attached hydrogens (tertiary/aromatic N) is 4. The van der Waals surface area contributed by atoms with Crippen LogP contribution in [0.25, 0.3) is 0 Å². The fraction of sp³-hybridized carbons (Fsp3) is 0.385. The van der Waals surface area contributed by atoms with Crippen molar-refractivity contribution in [2.75, 3.05) is 13.3 Å². The Balaban J connectivity index is 1.57. The summed E-state index contributed by atoms with van der Waals surface area (Å²) in [6, 6.07) is 2.81. The van der Waals surface area contributed by atoms with Gasteiger partial charge in [-0.1, -0.05) is 0 Å². The second-order valence-electron chi connectivity index (χ2n) is 4.77. The van der Waals surface area contributed by atoms with E-state index >= 15 is 0 Å². The van der Waals surface area contributed by atoms with Gasteiger partial charge in [-0.3, -0.25) is 4.79 Å². The first-order valence-electron chi connectivity index (χ1n) is 6.71. The van der Waals surface area contributed by atoms with Gasteiger partial charge in [0.25, 0.3) is 0 Å². The van der Waals surface area contributed by atoms with Crippen molar-refractivity contribution < 1.29 is 18.7 Å². The van der Waals surface area contributed by atoms with Gasteiger partial charge in [0.2, 0.25) is 5.91 Å². The summed E-state index contributed by atoms with van der Waals surface area (Å²) in [7, 11) is 0. The number of nitrogens with one attached hydrogen (secondary N) is 1. The first-order valence-corrected chi connectivity index (χ1v) is 6.71. The van der Waals surface area contributed by atoms with Crippen LogP contribution in [0, 0.1) is 5.82 Å². The smallest absolute Gasteiger partial charge is 0.241 e. The third-order valence-corrected chi connectivity index (χ3v) is 3.17. The molecule has 1 amide bonds. The summed E-state index contributed by atoms with van der Waals surface area (Å²) in [4.78, 5) is 11.7. The van der Waals surface area contributed by atoms with Crippen LogP contribution in [-0.2, 0) is 29.1 Å². The van der Waals surface area contributed by atoms with E-state index in [1.165, 1.54) is 23.1 Å². The molecule has 2 aromatic rings. The summed E-state index contributed by atoms with van der Waals surface area (Å²) >= 11 is 0. The highest BCUT2D eigenvalue weighted by molar-refractivity contribution is 5.75. The molecule has 8 nitrogen and oxygen atoms in total. The number of rotatable bonds is 5. The minimum absolute atomic E-state index is 0.0403. The molecule has 0 saturated carbocycles. The number of carbonyl (C=O) groups is 1. The first kappa shape index (κ1) is 14.4. The molecule has 0 radical (unpaired) electrons. The second-order valence-corrected chi connectivity index (χ2v) is 4.77. The zero-order valence-electron chi connectivity index (χ0n) is 11.7. The lowest BCUT2D eigenvalue weighted by molar-refractivity contribution is -0.121. The van der Waals surface area contributed by atoms with Gasteiger partial charge < -0.3 is 14.8 Å². The highest BCUT2D eigenvalue weighted by Gasteiger charge is 2.16.